The van der Waals surface area contributed by atoms with Crippen molar-refractivity contribution in [3.8, 4) is 11.6 Å². The molecule has 0 aliphatic rings. The Hall–Kier alpha value is -2.76. The SMILES string of the molecule is Cc1cnc(-c2nc3c(C(=O)O)cccc3o2)cn1. The normalized spacial score (nSPS) is 10.8. The zero-order valence-electron chi connectivity index (χ0n) is 9.99. The molecule has 0 fully saturated rings. The van der Waals surface area contributed by atoms with Gasteiger partial charge in [-0.05, 0) is 19.1 Å². The minimum Gasteiger partial charge on any atom is -0.478 e. The van der Waals surface area contributed by atoms with Crippen LogP contribution >= 0.6 is 0 Å². The summed E-state index contributed by atoms with van der Waals surface area (Å²) >= 11 is 0. The van der Waals surface area contributed by atoms with Crippen molar-refractivity contribution in [2.45, 2.75) is 6.92 Å². The number of hydrogen-bond acceptors (Lipinski definition) is 5. The Balaban J connectivity index is 2.19. The summed E-state index contributed by atoms with van der Waals surface area (Å²) in [6, 6.07) is 4.76. The Labute approximate surface area is 107 Å². The molecular weight excluding hydrogens is 246 g/mol. The van der Waals surface area contributed by atoms with E-state index in [1.165, 1.54) is 6.07 Å². The lowest BCUT2D eigenvalue weighted by atomic mass is 10.2. The highest BCUT2D eigenvalue weighted by molar-refractivity contribution is 6.00. The molecule has 0 saturated carbocycles. The fourth-order valence-electron chi connectivity index (χ4n) is 1.73. The second-order valence-corrected chi connectivity index (χ2v) is 4.02. The highest BCUT2D eigenvalue weighted by Crippen LogP contribution is 2.24. The lowest BCUT2D eigenvalue weighted by Gasteiger charge is -1.93. The quantitative estimate of drug-likeness (QED) is 0.755. The summed E-state index contributed by atoms with van der Waals surface area (Å²) in [4.78, 5) is 23.5. The average Bonchev–Trinajstić information content (AvgIpc) is 2.82. The molecule has 0 atom stereocenters. The largest absolute Gasteiger partial charge is 0.478 e. The lowest BCUT2D eigenvalue weighted by molar-refractivity contribution is 0.0699. The summed E-state index contributed by atoms with van der Waals surface area (Å²) in [7, 11) is 0. The molecular formula is C13H9N3O3. The monoisotopic (exact) mass is 255 g/mol. The number of carboxylic acids is 1. The molecule has 3 aromatic rings. The van der Waals surface area contributed by atoms with Gasteiger partial charge < -0.3 is 9.52 Å². The molecule has 0 saturated heterocycles. The number of carboxylic acid groups (broad SMARTS) is 1. The maximum atomic E-state index is 11.1. The zero-order chi connectivity index (χ0) is 13.4. The van der Waals surface area contributed by atoms with E-state index in [2.05, 4.69) is 15.0 Å². The number of aromatic carboxylic acids is 1. The van der Waals surface area contributed by atoms with Gasteiger partial charge in [0.05, 0.1) is 17.5 Å². The number of aromatic nitrogens is 3. The predicted octanol–water partition coefficient (Wildman–Crippen LogP) is 2.29. The van der Waals surface area contributed by atoms with Crippen molar-refractivity contribution in [1.82, 2.24) is 15.0 Å². The minimum absolute atomic E-state index is 0.104. The molecule has 6 nitrogen and oxygen atoms in total. The van der Waals surface area contributed by atoms with Gasteiger partial charge in [-0.1, -0.05) is 6.07 Å². The second kappa shape index (κ2) is 4.16. The van der Waals surface area contributed by atoms with Gasteiger partial charge in [0.15, 0.2) is 5.58 Å². The first-order valence-corrected chi connectivity index (χ1v) is 5.57. The number of oxazole rings is 1. The van der Waals surface area contributed by atoms with Gasteiger partial charge in [-0.15, -0.1) is 0 Å². The maximum Gasteiger partial charge on any atom is 0.338 e. The highest BCUT2D eigenvalue weighted by Gasteiger charge is 2.15. The van der Waals surface area contributed by atoms with E-state index in [1.54, 1.807) is 24.5 Å². The first-order valence-electron chi connectivity index (χ1n) is 5.57. The van der Waals surface area contributed by atoms with Crippen LogP contribution in [0.3, 0.4) is 0 Å². The van der Waals surface area contributed by atoms with E-state index in [4.69, 9.17) is 9.52 Å². The van der Waals surface area contributed by atoms with Gasteiger partial charge in [0.1, 0.15) is 11.2 Å². The fraction of sp³-hybridized carbons (Fsp3) is 0.0769. The lowest BCUT2D eigenvalue weighted by Crippen LogP contribution is -1.96. The molecule has 0 unspecified atom stereocenters. The van der Waals surface area contributed by atoms with Crippen LogP contribution in [0.4, 0.5) is 0 Å². The minimum atomic E-state index is -1.04. The summed E-state index contributed by atoms with van der Waals surface area (Å²) < 4.78 is 5.51. The summed E-state index contributed by atoms with van der Waals surface area (Å²) in [5.74, 6) is -0.781. The molecule has 2 heterocycles. The first kappa shape index (κ1) is 11.3. The summed E-state index contributed by atoms with van der Waals surface area (Å²) in [5.41, 5.74) is 2.08. The first-order chi connectivity index (χ1) is 9.15. The van der Waals surface area contributed by atoms with Gasteiger partial charge in [0.2, 0.25) is 5.89 Å². The summed E-state index contributed by atoms with van der Waals surface area (Å²) in [6.45, 7) is 1.82. The molecule has 0 amide bonds. The van der Waals surface area contributed by atoms with Gasteiger partial charge >= 0.3 is 5.97 Å². The number of nitrogens with zero attached hydrogens (tertiary/aromatic N) is 3. The molecule has 0 bridgehead atoms. The summed E-state index contributed by atoms with van der Waals surface area (Å²) in [6.07, 6.45) is 3.14. The van der Waals surface area contributed by atoms with Gasteiger partial charge in [-0.25, -0.2) is 14.8 Å². The topological polar surface area (TPSA) is 89.1 Å². The van der Waals surface area contributed by atoms with Crippen molar-refractivity contribution in [3.63, 3.8) is 0 Å². The van der Waals surface area contributed by atoms with Crippen LogP contribution in [0.15, 0.2) is 35.0 Å². The van der Waals surface area contributed by atoms with E-state index in [-0.39, 0.29) is 11.5 Å². The molecule has 2 aromatic heterocycles. The van der Waals surface area contributed by atoms with Crippen LogP contribution in [0.5, 0.6) is 0 Å². The molecule has 1 aromatic carbocycles. The Kier molecular flexibility index (Phi) is 2.49. The third kappa shape index (κ3) is 1.93. The molecule has 0 spiro atoms. The van der Waals surface area contributed by atoms with E-state index in [9.17, 15) is 4.79 Å². The number of carbonyl (C=O) groups is 1. The summed E-state index contributed by atoms with van der Waals surface area (Å²) in [5, 5.41) is 9.09. The number of para-hydroxylation sites is 1. The molecule has 19 heavy (non-hydrogen) atoms. The van der Waals surface area contributed by atoms with Gasteiger partial charge in [0.25, 0.3) is 0 Å². The highest BCUT2D eigenvalue weighted by atomic mass is 16.4. The van der Waals surface area contributed by atoms with Crippen molar-refractivity contribution in [3.05, 3.63) is 41.9 Å². The van der Waals surface area contributed by atoms with E-state index < -0.39 is 5.97 Å². The number of rotatable bonds is 2. The van der Waals surface area contributed by atoms with Crippen LogP contribution in [-0.4, -0.2) is 26.0 Å². The Morgan fingerprint density at radius 2 is 2.11 bits per heavy atom. The van der Waals surface area contributed by atoms with Gasteiger partial charge in [-0.2, -0.15) is 0 Å². The molecule has 6 heteroatoms. The fourth-order valence-corrected chi connectivity index (χ4v) is 1.73. The Morgan fingerprint density at radius 3 is 2.79 bits per heavy atom. The third-order valence-electron chi connectivity index (χ3n) is 2.65. The van der Waals surface area contributed by atoms with Crippen LogP contribution in [0.1, 0.15) is 16.1 Å². The number of aryl methyl sites for hydroxylation is 1. The standard InChI is InChI=1S/C13H9N3O3/c1-7-5-15-9(6-14-7)12-16-11-8(13(17)18)3-2-4-10(11)19-12/h2-6H,1H3,(H,17,18). The van der Waals surface area contributed by atoms with Crippen molar-refractivity contribution in [2.24, 2.45) is 0 Å². The third-order valence-corrected chi connectivity index (χ3v) is 2.65. The predicted molar refractivity (Wildman–Crippen MR) is 66.7 cm³/mol. The van der Waals surface area contributed by atoms with E-state index in [0.29, 0.717) is 16.8 Å². The van der Waals surface area contributed by atoms with E-state index in [0.717, 1.165) is 5.69 Å². The Morgan fingerprint density at radius 1 is 1.26 bits per heavy atom. The average molecular weight is 255 g/mol. The van der Waals surface area contributed by atoms with Crippen molar-refractivity contribution < 1.29 is 14.3 Å². The molecule has 3 rings (SSSR count). The van der Waals surface area contributed by atoms with Gasteiger partial charge in [0, 0.05) is 6.20 Å². The molecule has 0 aliphatic heterocycles. The van der Waals surface area contributed by atoms with E-state index in [1.807, 2.05) is 6.92 Å². The maximum absolute atomic E-state index is 11.1. The van der Waals surface area contributed by atoms with Crippen LogP contribution in [0.2, 0.25) is 0 Å². The second-order valence-electron chi connectivity index (χ2n) is 4.02. The number of fused-ring (bicyclic) bond motifs is 1. The van der Waals surface area contributed by atoms with Crippen LogP contribution in [-0.2, 0) is 0 Å². The van der Waals surface area contributed by atoms with Crippen LogP contribution < -0.4 is 0 Å². The molecule has 1 N–H and O–H groups in total. The zero-order valence-corrected chi connectivity index (χ0v) is 9.99. The van der Waals surface area contributed by atoms with Crippen molar-refractivity contribution >= 4 is 17.1 Å². The van der Waals surface area contributed by atoms with Crippen LogP contribution in [0.25, 0.3) is 22.7 Å². The van der Waals surface area contributed by atoms with Gasteiger partial charge in [-0.3, -0.25) is 4.98 Å². The van der Waals surface area contributed by atoms with Crippen LogP contribution in [0, 0.1) is 6.92 Å². The van der Waals surface area contributed by atoms with Crippen molar-refractivity contribution in [1.29, 1.82) is 0 Å². The Bertz CT molecular complexity index is 762. The molecule has 0 aliphatic carbocycles. The number of benzene rings is 1. The smallest absolute Gasteiger partial charge is 0.338 e. The molecule has 0 radical (unpaired) electrons. The van der Waals surface area contributed by atoms with E-state index >= 15 is 0 Å². The molecule has 94 valence electrons. The number of hydrogen-bond donors (Lipinski definition) is 1. The van der Waals surface area contributed by atoms with Crippen molar-refractivity contribution in [2.75, 3.05) is 0 Å².